The van der Waals surface area contributed by atoms with Crippen LogP contribution in [0.25, 0.3) is 0 Å². The minimum atomic E-state index is -0.380. The third-order valence-corrected chi connectivity index (χ3v) is 4.64. The summed E-state index contributed by atoms with van der Waals surface area (Å²) in [5, 5.41) is 3.23. The fourth-order valence-corrected chi connectivity index (χ4v) is 3.27. The van der Waals surface area contributed by atoms with Crippen molar-refractivity contribution in [2.24, 2.45) is 0 Å². The molecule has 0 aromatic heterocycles. The van der Waals surface area contributed by atoms with Gasteiger partial charge in [0.2, 0.25) is 5.91 Å². The Labute approximate surface area is 147 Å². The smallest absolute Gasteiger partial charge is 0.239 e. The van der Waals surface area contributed by atoms with E-state index in [-0.39, 0.29) is 36.0 Å². The molecular formula is C17H23ClFN3O2. The number of carbonyl (C=O) groups excluding carboxylic acids is 2. The van der Waals surface area contributed by atoms with E-state index in [0.29, 0.717) is 37.4 Å². The Bertz CT molecular complexity index is 612. The molecule has 0 saturated carbocycles. The molecule has 2 aliphatic rings. The Morgan fingerprint density at radius 1 is 1.21 bits per heavy atom. The normalized spacial score (nSPS) is 20.7. The lowest BCUT2D eigenvalue weighted by Gasteiger charge is -2.37. The molecule has 1 unspecified atom stereocenters. The van der Waals surface area contributed by atoms with Gasteiger partial charge < -0.3 is 15.1 Å². The number of benzene rings is 1. The van der Waals surface area contributed by atoms with Crippen LogP contribution in [0.2, 0.25) is 0 Å². The van der Waals surface area contributed by atoms with Gasteiger partial charge in [0.15, 0.2) is 5.78 Å². The molecule has 0 bridgehead atoms. The van der Waals surface area contributed by atoms with Crippen molar-refractivity contribution in [3.8, 4) is 0 Å². The van der Waals surface area contributed by atoms with Gasteiger partial charge in [0, 0.05) is 31.7 Å². The summed E-state index contributed by atoms with van der Waals surface area (Å²) in [5.41, 5.74) is 0.883. The number of hydrogen-bond donors (Lipinski definition) is 1. The van der Waals surface area contributed by atoms with Crippen LogP contribution in [-0.4, -0.2) is 55.4 Å². The van der Waals surface area contributed by atoms with Crippen LogP contribution < -0.4 is 10.2 Å². The zero-order valence-electron chi connectivity index (χ0n) is 13.8. The maximum absolute atomic E-state index is 14.2. The Morgan fingerprint density at radius 2 is 1.92 bits per heavy atom. The van der Waals surface area contributed by atoms with Crippen LogP contribution in [0.15, 0.2) is 18.2 Å². The Kier molecular flexibility index (Phi) is 6.18. The highest BCUT2D eigenvalue weighted by Gasteiger charge is 2.29. The number of nitrogens with zero attached hydrogens (tertiary/aromatic N) is 2. The van der Waals surface area contributed by atoms with Crippen molar-refractivity contribution in [2.45, 2.75) is 25.8 Å². The highest BCUT2D eigenvalue weighted by Crippen LogP contribution is 2.22. The molecule has 1 atom stereocenters. The van der Waals surface area contributed by atoms with Gasteiger partial charge in [-0.1, -0.05) is 0 Å². The van der Waals surface area contributed by atoms with Crippen molar-refractivity contribution >= 4 is 29.8 Å². The minimum Gasteiger partial charge on any atom is -0.366 e. The Morgan fingerprint density at radius 3 is 2.46 bits per heavy atom. The quantitative estimate of drug-likeness (QED) is 0.841. The zero-order chi connectivity index (χ0) is 16.4. The standard InChI is InChI=1S/C17H22FN3O2.ClH/c1-12(22)13-4-5-16(14(18)11-13)20-7-9-21(10-8-20)17(23)15-3-2-6-19-15;/h4-5,11,15,19H,2-3,6-10H2,1H3;1H. The molecule has 2 heterocycles. The third-order valence-electron chi connectivity index (χ3n) is 4.64. The summed E-state index contributed by atoms with van der Waals surface area (Å²) in [6, 6.07) is 4.55. The largest absolute Gasteiger partial charge is 0.366 e. The van der Waals surface area contributed by atoms with Crippen molar-refractivity contribution in [3.05, 3.63) is 29.6 Å². The lowest BCUT2D eigenvalue weighted by atomic mass is 10.1. The highest BCUT2D eigenvalue weighted by molar-refractivity contribution is 5.94. The van der Waals surface area contributed by atoms with E-state index >= 15 is 0 Å². The van der Waals surface area contributed by atoms with E-state index in [1.165, 1.54) is 13.0 Å². The van der Waals surface area contributed by atoms with Gasteiger partial charge in [-0.25, -0.2) is 4.39 Å². The predicted octanol–water partition coefficient (Wildman–Crippen LogP) is 1.85. The molecule has 5 nitrogen and oxygen atoms in total. The first-order valence-corrected chi connectivity index (χ1v) is 8.14. The van der Waals surface area contributed by atoms with Gasteiger partial charge in [0.1, 0.15) is 5.82 Å². The second kappa shape index (κ2) is 7.94. The fourth-order valence-electron chi connectivity index (χ4n) is 3.27. The van der Waals surface area contributed by atoms with Crippen molar-refractivity contribution in [1.29, 1.82) is 0 Å². The van der Waals surface area contributed by atoms with Gasteiger partial charge in [0.25, 0.3) is 0 Å². The van der Waals surface area contributed by atoms with Crippen molar-refractivity contribution in [2.75, 3.05) is 37.6 Å². The molecule has 2 fully saturated rings. The maximum Gasteiger partial charge on any atom is 0.239 e. The summed E-state index contributed by atoms with van der Waals surface area (Å²) in [4.78, 5) is 27.5. The molecule has 7 heteroatoms. The molecule has 1 amide bonds. The first-order chi connectivity index (χ1) is 11.1. The third kappa shape index (κ3) is 3.87. The minimum absolute atomic E-state index is 0. The van der Waals surface area contributed by atoms with E-state index < -0.39 is 0 Å². The van der Waals surface area contributed by atoms with Gasteiger partial charge in [-0.15, -0.1) is 12.4 Å². The second-order valence-electron chi connectivity index (χ2n) is 6.18. The molecule has 2 aliphatic heterocycles. The second-order valence-corrected chi connectivity index (χ2v) is 6.18. The molecular weight excluding hydrogens is 333 g/mol. The van der Waals surface area contributed by atoms with Crippen LogP contribution in [0, 0.1) is 5.82 Å². The zero-order valence-corrected chi connectivity index (χ0v) is 14.6. The van der Waals surface area contributed by atoms with Crippen molar-refractivity contribution < 1.29 is 14.0 Å². The summed E-state index contributed by atoms with van der Waals surface area (Å²) in [7, 11) is 0. The first-order valence-electron chi connectivity index (χ1n) is 8.14. The van der Waals surface area contributed by atoms with Crippen LogP contribution in [-0.2, 0) is 4.79 Å². The number of carbonyl (C=O) groups is 2. The summed E-state index contributed by atoms with van der Waals surface area (Å²) >= 11 is 0. The van der Waals surface area contributed by atoms with Crippen molar-refractivity contribution in [3.63, 3.8) is 0 Å². The Balaban J connectivity index is 0.00000208. The van der Waals surface area contributed by atoms with Crippen LogP contribution in [0.5, 0.6) is 0 Å². The average Bonchev–Trinajstić information content (AvgIpc) is 3.08. The van der Waals surface area contributed by atoms with Crippen molar-refractivity contribution in [1.82, 2.24) is 10.2 Å². The molecule has 1 N–H and O–H groups in total. The van der Waals surface area contributed by atoms with E-state index in [9.17, 15) is 14.0 Å². The van der Waals surface area contributed by atoms with Gasteiger partial charge >= 0.3 is 0 Å². The van der Waals surface area contributed by atoms with Gasteiger partial charge in [-0.05, 0) is 44.5 Å². The number of halogens is 2. The molecule has 0 spiro atoms. The molecule has 24 heavy (non-hydrogen) atoms. The molecule has 0 radical (unpaired) electrons. The number of hydrogen-bond acceptors (Lipinski definition) is 4. The van der Waals surface area contributed by atoms with Crippen LogP contribution in [0.1, 0.15) is 30.1 Å². The van der Waals surface area contributed by atoms with E-state index in [1.54, 1.807) is 12.1 Å². The lowest BCUT2D eigenvalue weighted by molar-refractivity contribution is -0.133. The van der Waals surface area contributed by atoms with E-state index in [2.05, 4.69) is 5.32 Å². The van der Waals surface area contributed by atoms with E-state index in [4.69, 9.17) is 0 Å². The highest BCUT2D eigenvalue weighted by atomic mass is 35.5. The number of ketones is 1. The monoisotopic (exact) mass is 355 g/mol. The van der Waals surface area contributed by atoms with Crippen LogP contribution >= 0.6 is 12.4 Å². The van der Waals surface area contributed by atoms with Crippen LogP contribution in [0.4, 0.5) is 10.1 Å². The van der Waals surface area contributed by atoms with E-state index in [0.717, 1.165) is 19.4 Å². The fraction of sp³-hybridized carbons (Fsp3) is 0.529. The molecule has 1 aromatic rings. The van der Waals surface area contributed by atoms with Gasteiger partial charge in [0.05, 0.1) is 11.7 Å². The SMILES string of the molecule is CC(=O)c1ccc(N2CCN(C(=O)C3CCCN3)CC2)c(F)c1.Cl. The number of rotatable bonds is 3. The number of Topliss-reactive ketones (excluding diaryl/α,β-unsaturated/α-hetero) is 1. The molecule has 132 valence electrons. The Hall–Kier alpha value is -1.66. The topological polar surface area (TPSA) is 52.7 Å². The molecule has 2 saturated heterocycles. The maximum atomic E-state index is 14.2. The molecule has 1 aromatic carbocycles. The van der Waals surface area contributed by atoms with Gasteiger partial charge in [-0.3, -0.25) is 9.59 Å². The number of nitrogens with one attached hydrogen (secondary N) is 1. The lowest BCUT2D eigenvalue weighted by Crippen LogP contribution is -2.53. The first kappa shape index (κ1) is 18.7. The molecule has 0 aliphatic carbocycles. The van der Waals surface area contributed by atoms with Crippen LogP contribution in [0.3, 0.4) is 0 Å². The van der Waals surface area contributed by atoms with E-state index in [1.807, 2.05) is 9.80 Å². The molecule has 3 rings (SSSR count). The number of piperazine rings is 1. The summed E-state index contributed by atoms with van der Waals surface area (Å²) < 4.78 is 14.2. The van der Waals surface area contributed by atoms with Gasteiger partial charge in [-0.2, -0.15) is 0 Å². The number of anilines is 1. The average molecular weight is 356 g/mol. The summed E-state index contributed by atoms with van der Waals surface area (Å²) in [6.45, 7) is 4.75. The summed E-state index contributed by atoms with van der Waals surface area (Å²) in [5.74, 6) is -0.362. The summed E-state index contributed by atoms with van der Waals surface area (Å²) in [6.07, 6.45) is 1.95. The predicted molar refractivity (Wildman–Crippen MR) is 93.5 cm³/mol. The number of amides is 1.